The molecule has 0 N–H and O–H groups in total. The molecule has 0 saturated carbocycles. The van der Waals surface area contributed by atoms with Gasteiger partial charge in [0.25, 0.3) is 0 Å². The van der Waals surface area contributed by atoms with Crippen molar-refractivity contribution in [3.05, 3.63) is 243 Å². The maximum atomic E-state index is 6.45. The highest BCUT2D eigenvalue weighted by atomic mass is 16.3. The highest BCUT2D eigenvalue weighted by Crippen LogP contribution is 2.44. The van der Waals surface area contributed by atoms with Crippen LogP contribution in [-0.4, -0.2) is 19.5 Å². The lowest BCUT2D eigenvalue weighted by molar-refractivity contribution is 0.669. The summed E-state index contributed by atoms with van der Waals surface area (Å²) in [6.07, 6.45) is 0. The van der Waals surface area contributed by atoms with E-state index in [9.17, 15) is 0 Å². The van der Waals surface area contributed by atoms with Gasteiger partial charge < -0.3 is 8.98 Å². The van der Waals surface area contributed by atoms with E-state index in [1.807, 2.05) is 12.1 Å². The van der Waals surface area contributed by atoms with Crippen molar-refractivity contribution in [1.82, 2.24) is 19.5 Å². The Morgan fingerprint density at radius 3 is 1.41 bits per heavy atom. The minimum absolute atomic E-state index is 0.580. The van der Waals surface area contributed by atoms with Gasteiger partial charge in [-0.2, -0.15) is 0 Å². The van der Waals surface area contributed by atoms with Crippen LogP contribution in [0.4, 0.5) is 0 Å². The molecule has 342 valence electrons. The number of furan rings is 1. The number of benzene rings is 13. The number of para-hydroxylation sites is 1. The third kappa shape index (κ3) is 6.14. The summed E-state index contributed by atoms with van der Waals surface area (Å²) in [4.78, 5) is 16.9. The number of hydrogen-bond donors (Lipinski definition) is 0. The molecule has 13 aromatic carbocycles. The summed E-state index contributed by atoms with van der Waals surface area (Å²) in [6, 6.07) is 87.2. The summed E-state index contributed by atoms with van der Waals surface area (Å²) in [6.45, 7) is 0. The molecule has 0 spiro atoms. The Hall–Kier alpha value is -9.97. The fourth-order valence-electron chi connectivity index (χ4n) is 12.0. The predicted octanol–water partition coefficient (Wildman–Crippen LogP) is 18.5. The van der Waals surface area contributed by atoms with E-state index in [1.165, 1.54) is 37.8 Å². The third-order valence-corrected chi connectivity index (χ3v) is 15.3. The molecule has 3 heterocycles. The fraction of sp³-hybridized carbons (Fsp3) is 0. The van der Waals surface area contributed by atoms with Crippen molar-refractivity contribution in [2.24, 2.45) is 0 Å². The normalized spacial score (nSPS) is 12.1. The zero-order valence-corrected chi connectivity index (χ0v) is 39.8. The van der Waals surface area contributed by atoms with E-state index >= 15 is 0 Å². The molecule has 3 aromatic heterocycles. The van der Waals surface area contributed by atoms with Crippen molar-refractivity contribution < 1.29 is 4.42 Å². The van der Waals surface area contributed by atoms with Crippen molar-refractivity contribution in [3.63, 3.8) is 0 Å². The van der Waals surface area contributed by atoms with Crippen molar-refractivity contribution in [2.75, 3.05) is 0 Å². The third-order valence-electron chi connectivity index (χ3n) is 15.3. The SMILES string of the molecule is c1ccc2cc3c(cc2c1)c1ccc2ccccc2c1n3-c1ccc(-c2nc(-c3c4ccccc4cc4ccccc34)nc(-c3c4ccccc4cc4ccccc34)n2)c(-c2ccc3oc4ccccc4c3c2)c1. The average molecular weight is 941 g/mol. The van der Waals surface area contributed by atoms with Gasteiger partial charge in [-0.05, 0) is 131 Å². The second-order valence-electron chi connectivity index (χ2n) is 19.5. The van der Waals surface area contributed by atoms with Gasteiger partial charge in [0.2, 0.25) is 0 Å². The van der Waals surface area contributed by atoms with Gasteiger partial charge in [0.1, 0.15) is 11.2 Å². The molecule has 0 radical (unpaired) electrons. The van der Waals surface area contributed by atoms with Crippen molar-refractivity contribution >= 4 is 108 Å². The molecule has 0 fully saturated rings. The van der Waals surface area contributed by atoms with Crippen molar-refractivity contribution in [1.29, 1.82) is 0 Å². The van der Waals surface area contributed by atoms with Gasteiger partial charge in [-0.3, -0.25) is 0 Å². The van der Waals surface area contributed by atoms with E-state index in [2.05, 4.69) is 235 Å². The van der Waals surface area contributed by atoms with Crippen LogP contribution >= 0.6 is 0 Å². The molecule has 5 heteroatoms. The number of fused-ring (bicyclic) bond motifs is 13. The van der Waals surface area contributed by atoms with Gasteiger partial charge in [0, 0.05) is 49.3 Å². The minimum atomic E-state index is 0.580. The Bertz CT molecular complexity index is 4800. The molecule has 0 atom stereocenters. The maximum Gasteiger partial charge on any atom is 0.165 e. The van der Waals surface area contributed by atoms with Gasteiger partial charge in [-0.15, -0.1) is 0 Å². The number of rotatable bonds is 5. The molecule has 0 aliphatic carbocycles. The average Bonchev–Trinajstić information content (AvgIpc) is 4.00. The second-order valence-corrected chi connectivity index (χ2v) is 19.5. The number of aromatic nitrogens is 4. The molecule has 0 aliphatic rings. The monoisotopic (exact) mass is 940 g/mol. The van der Waals surface area contributed by atoms with Crippen LogP contribution in [0.15, 0.2) is 247 Å². The molecule has 0 saturated heterocycles. The molecule has 16 rings (SSSR count). The summed E-state index contributed by atoms with van der Waals surface area (Å²) in [5.74, 6) is 1.81. The van der Waals surface area contributed by atoms with Gasteiger partial charge in [0.15, 0.2) is 17.5 Å². The number of nitrogens with zero attached hydrogens (tertiary/aromatic N) is 4. The van der Waals surface area contributed by atoms with Gasteiger partial charge in [-0.1, -0.05) is 182 Å². The van der Waals surface area contributed by atoms with Crippen LogP contribution in [0.5, 0.6) is 0 Å². The van der Waals surface area contributed by atoms with E-state index in [1.54, 1.807) is 0 Å². The molecule has 5 nitrogen and oxygen atoms in total. The Balaban J connectivity index is 1.04. The maximum absolute atomic E-state index is 6.45. The van der Waals surface area contributed by atoms with E-state index in [0.717, 1.165) is 104 Å². The van der Waals surface area contributed by atoms with Crippen LogP contribution in [0.2, 0.25) is 0 Å². The zero-order valence-electron chi connectivity index (χ0n) is 39.8. The standard InChI is InChI=1S/C69H40N4O/c1-2-17-43-39-61-59(37-42(43)16-1)56-32-29-41-15-3-12-26-54(41)66(56)73(61)49-31-33-57(58(40-49)48-30-34-63-60(38-48)55-27-13-14-28-62(55)74-63)67-70-68(64-50-22-8-4-18-44(50)35-45-19-5-9-23-51(45)64)72-69(71-67)65-52-24-10-6-20-46(52)36-47-21-7-11-25-53(47)65/h1-40H. The molecule has 0 bridgehead atoms. The summed E-state index contributed by atoms with van der Waals surface area (Å²) in [7, 11) is 0. The Kier molecular flexibility index (Phi) is 8.68. The van der Waals surface area contributed by atoms with Crippen molar-refractivity contribution in [2.45, 2.75) is 0 Å². The van der Waals surface area contributed by atoms with Crippen LogP contribution in [0, 0.1) is 0 Å². The van der Waals surface area contributed by atoms with Gasteiger partial charge in [-0.25, -0.2) is 15.0 Å². The van der Waals surface area contributed by atoms with Crippen LogP contribution in [0.1, 0.15) is 0 Å². The first-order valence-corrected chi connectivity index (χ1v) is 25.2. The Morgan fingerprint density at radius 2 is 0.784 bits per heavy atom. The first-order chi connectivity index (χ1) is 36.7. The van der Waals surface area contributed by atoms with E-state index in [0.29, 0.717) is 17.5 Å². The lowest BCUT2D eigenvalue weighted by atomic mass is 9.94. The Morgan fingerprint density at radius 1 is 0.284 bits per heavy atom. The molecule has 0 aliphatic heterocycles. The molecule has 0 amide bonds. The largest absolute Gasteiger partial charge is 0.456 e. The molecule has 16 aromatic rings. The van der Waals surface area contributed by atoms with E-state index in [4.69, 9.17) is 19.4 Å². The first kappa shape index (κ1) is 40.7. The zero-order chi connectivity index (χ0) is 48.4. The van der Waals surface area contributed by atoms with Crippen LogP contribution in [0.3, 0.4) is 0 Å². The summed E-state index contributed by atoms with van der Waals surface area (Å²) in [5.41, 5.74) is 9.87. The van der Waals surface area contributed by atoms with Crippen LogP contribution in [0.25, 0.3) is 159 Å². The molecular weight excluding hydrogens is 901 g/mol. The topological polar surface area (TPSA) is 56.7 Å². The molecular formula is C69H40N4O. The number of hydrogen-bond acceptors (Lipinski definition) is 4. The van der Waals surface area contributed by atoms with E-state index < -0.39 is 0 Å². The van der Waals surface area contributed by atoms with Gasteiger partial charge in [0.05, 0.1) is 11.0 Å². The lowest BCUT2D eigenvalue weighted by Gasteiger charge is -2.18. The second kappa shape index (κ2) is 15.8. The van der Waals surface area contributed by atoms with Crippen molar-refractivity contribution in [3.8, 4) is 51.0 Å². The quantitative estimate of drug-likeness (QED) is 0.161. The highest BCUT2D eigenvalue weighted by molar-refractivity contribution is 6.21. The van der Waals surface area contributed by atoms with Crippen LogP contribution < -0.4 is 0 Å². The first-order valence-electron chi connectivity index (χ1n) is 25.2. The fourth-order valence-corrected chi connectivity index (χ4v) is 12.0. The smallest absolute Gasteiger partial charge is 0.165 e. The molecule has 74 heavy (non-hydrogen) atoms. The summed E-state index contributed by atoms with van der Waals surface area (Å²) >= 11 is 0. The Labute approximate surface area is 423 Å². The molecule has 0 unspecified atom stereocenters. The van der Waals surface area contributed by atoms with Crippen LogP contribution in [-0.2, 0) is 0 Å². The minimum Gasteiger partial charge on any atom is -0.456 e. The van der Waals surface area contributed by atoms with E-state index in [-0.39, 0.29) is 0 Å². The summed E-state index contributed by atoms with van der Waals surface area (Å²) < 4.78 is 8.91. The highest BCUT2D eigenvalue weighted by Gasteiger charge is 2.24. The summed E-state index contributed by atoms with van der Waals surface area (Å²) in [5, 5.41) is 18.1. The van der Waals surface area contributed by atoms with Gasteiger partial charge >= 0.3 is 0 Å². The predicted molar refractivity (Wildman–Crippen MR) is 308 cm³/mol. The lowest BCUT2D eigenvalue weighted by Crippen LogP contribution is -2.03.